The van der Waals surface area contributed by atoms with Crippen molar-refractivity contribution in [3.63, 3.8) is 0 Å². The molecular formula is C9H16N2O3+. The standard InChI is InChI=1S/C9H15N2O3/c1-8(2)6(7(12)13)10(5)9(3,4)11(8)14/h1-5H3/p+1. The molecule has 1 aliphatic rings. The highest BCUT2D eigenvalue weighted by Crippen LogP contribution is 2.32. The first-order valence-corrected chi connectivity index (χ1v) is 4.45. The van der Waals surface area contributed by atoms with Gasteiger partial charge in [-0.2, -0.15) is 0 Å². The van der Waals surface area contributed by atoms with E-state index in [1.165, 1.54) is 4.58 Å². The molecule has 0 aliphatic carbocycles. The fourth-order valence-corrected chi connectivity index (χ4v) is 2.01. The second-order valence-corrected chi connectivity index (χ2v) is 4.56. The van der Waals surface area contributed by atoms with Gasteiger partial charge in [-0.15, -0.1) is 5.21 Å². The second-order valence-electron chi connectivity index (χ2n) is 4.56. The lowest BCUT2D eigenvalue weighted by Crippen LogP contribution is -2.51. The van der Waals surface area contributed by atoms with Gasteiger partial charge in [0.1, 0.15) is 12.6 Å². The molecule has 1 rings (SSSR count). The molecule has 0 aromatic carbocycles. The van der Waals surface area contributed by atoms with Crippen LogP contribution < -0.4 is 0 Å². The molecule has 14 heavy (non-hydrogen) atoms. The third kappa shape index (κ3) is 1.16. The first kappa shape index (κ1) is 11.1. The molecule has 1 aliphatic heterocycles. The van der Waals surface area contributed by atoms with Gasteiger partial charge in [0.15, 0.2) is 0 Å². The van der Waals surface area contributed by atoms with Crippen LogP contribution in [0, 0.1) is 0 Å². The average Bonchev–Trinajstić information content (AvgIpc) is 2.10. The predicted molar refractivity (Wildman–Crippen MR) is 49.5 cm³/mol. The van der Waals surface area contributed by atoms with Crippen molar-refractivity contribution in [1.82, 2.24) is 5.06 Å². The Balaban J connectivity index is 3.37. The summed E-state index contributed by atoms with van der Waals surface area (Å²) >= 11 is 0. The Bertz CT molecular complexity index is 318. The van der Waals surface area contributed by atoms with E-state index in [-0.39, 0.29) is 5.71 Å². The lowest BCUT2D eigenvalue weighted by atomic mass is 9.99. The van der Waals surface area contributed by atoms with Gasteiger partial charge in [0, 0.05) is 13.8 Å². The molecule has 0 saturated heterocycles. The maximum Gasteiger partial charge on any atom is 0.398 e. The molecule has 5 nitrogen and oxygen atoms in total. The molecule has 0 saturated carbocycles. The first-order chi connectivity index (χ1) is 6.13. The molecule has 0 fully saturated rings. The van der Waals surface area contributed by atoms with Crippen LogP contribution in [-0.2, 0) is 10.0 Å². The Morgan fingerprint density at radius 1 is 1.36 bits per heavy atom. The van der Waals surface area contributed by atoms with Gasteiger partial charge in [-0.05, 0) is 13.8 Å². The monoisotopic (exact) mass is 200 g/mol. The van der Waals surface area contributed by atoms with Crippen LogP contribution in [0.4, 0.5) is 0 Å². The van der Waals surface area contributed by atoms with Gasteiger partial charge >= 0.3 is 5.97 Å². The SMILES string of the molecule is C[N+]1=C(C(=O)O)C(C)(C)N([O])C1(C)C. The summed E-state index contributed by atoms with van der Waals surface area (Å²) in [4.78, 5) is 11.0. The molecular weight excluding hydrogens is 184 g/mol. The van der Waals surface area contributed by atoms with Gasteiger partial charge in [0.25, 0.3) is 5.71 Å². The zero-order valence-electron chi connectivity index (χ0n) is 9.16. The highest BCUT2D eigenvalue weighted by Gasteiger charge is 2.60. The number of aliphatic carboxylic acids is 1. The Morgan fingerprint density at radius 2 is 1.79 bits per heavy atom. The molecule has 5 heteroatoms. The summed E-state index contributed by atoms with van der Waals surface area (Å²) in [7, 11) is 1.63. The van der Waals surface area contributed by atoms with Crippen LogP contribution in [-0.4, -0.2) is 44.7 Å². The number of carbonyl (C=O) groups is 1. The molecule has 0 aromatic rings. The van der Waals surface area contributed by atoms with Crippen LogP contribution in [0.1, 0.15) is 27.7 Å². The van der Waals surface area contributed by atoms with Gasteiger partial charge in [-0.3, -0.25) is 0 Å². The van der Waals surface area contributed by atoms with Crippen molar-refractivity contribution in [2.24, 2.45) is 0 Å². The fourth-order valence-electron chi connectivity index (χ4n) is 2.01. The van der Waals surface area contributed by atoms with Gasteiger partial charge in [0.2, 0.25) is 5.66 Å². The molecule has 0 aromatic heterocycles. The topological polar surface area (TPSA) is 63.5 Å². The molecule has 0 bridgehead atoms. The molecule has 1 N–H and O–H groups in total. The van der Waals surface area contributed by atoms with Crippen molar-refractivity contribution in [2.45, 2.75) is 38.9 Å². The van der Waals surface area contributed by atoms with E-state index in [2.05, 4.69) is 0 Å². The molecule has 0 atom stereocenters. The molecule has 1 heterocycles. The second kappa shape index (κ2) is 2.77. The van der Waals surface area contributed by atoms with E-state index >= 15 is 0 Å². The van der Waals surface area contributed by atoms with E-state index in [1.54, 1.807) is 34.7 Å². The summed E-state index contributed by atoms with van der Waals surface area (Å²) < 4.78 is 1.52. The van der Waals surface area contributed by atoms with Crippen LogP contribution in [0.25, 0.3) is 0 Å². The van der Waals surface area contributed by atoms with Crippen molar-refractivity contribution in [3.05, 3.63) is 0 Å². The van der Waals surface area contributed by atoms with Crippen LogP contribution in [0.15, 0.2) is 0 Å². The maximum absolute atomic E-state index is 11.9. The average molecular weight is 200 g/mol. The van der Waals surface area contributed by atoms with E-state index in [0.717, 1.165) is 5.06 Å². The zero-order chi connectivity index (χ0) is 11.3. The summed E-state index contributed by atoms with van der Waals surface area (Å²) in [5.74, 6) is -1.04. The molecule has 1 radical (unpaired) electrons. The van der Waals surface area contributed by atoms with Gasteiger partial charge < -0.3 is 5.11 Å². The molecule has 79 valence electrons. The Hall–Kier alpha value is -0.940. The van der Waals surface area contributed by atoms with Gasteiger partial charge in [-0.1, -0.05) is 5.06 Å². The van der Waals surface area contributed by atoms with E-state index in [4.69, 9.17) is 5.11 Å². The van der Waals surface area contributed by atoms with Gasteiger partial charge in [-0.25, -0.2) is 9.37 Å². The highest BCUT2D eigenvalue weighted by molar-refractivity contribution is 6.37. The Kier molecular flexibility index (Phi) is 2.21. The van der Waals surface area contributed by atoms with Crippen molar-refractivity contribution in [1.29, 1.82) is 0 Å². The van der Waals surface area contributed by atoms with Crippen LogP contribution in [0.2, 0.25) is 0 Å². The number of hydrogen-bond donors (Lipinski definition) is 1. The number of carboxylic acid groups (broad SMARTS) is 1. The third-order valence-corrected chi connectivity index (χ3v) is 2.94. The number of nitrogens with zero attached hydrogens (tertiary/aromatic N) is 2. The number of carboxylic acids is 1. The minimum absolute atomic E-state index is 0.137. The fraction of sp³-hybridized carbons (Fsp3) is 0.778. The van der Waals surface area contributed by atoms with Crippen LogP contribution >= 0.6 is 0 Å². The highest BCUT2D eigenvalue weighted by atomic mass is 16.5. The Labute approximate surface area is 83.2 Å². The summed E-state index contributed by atoms with van der Waals surface area (Å²) in [6, 6.07) is 0. The summed E-state index contributed by atoms with van der Waals surface area (Å²) in [5.41, 5.74) is -1.65. The lowest BCUT2D eigenvalue weighted by molar-refractivity contribution is -0.615. The quantitative estimate of drug-likeness (QED) is 0.620. The van der Waals surface area contributed by atoms with Gasteiger partial charge in [0.05, 0.1) is 0 Å². The van der Waals surface area contributed by atoms with E-state index in [0.29, 0.717) is 0 Å². The minimum Gasteiger partial charge on any atom is -0.473 e. The van der Waals surface area contributed by atoms with Crippen molar-refractivity contribution < 1.29 is 19.7 Å². The van der Waals surface area contributed by atoms with Crippen molar-refractivity contribution in [3.8, 4) is 0 Å². The number of hydrogen-bond acceptors (Lipinski definition) is 2. The smallest absolute Gasteiger partial charge is 0.398 e. The molecule has 0 amide bonds. The van der Waals surface area contributed by atoms with Crippen LogP contribution in [0.3, 0.4) is 0 Å². The third-order valence-electron chi connectivity index (χ3n) is 2.94. The zero-order valence-corrected chi connectivity index (χ0v) is 9.16. The number of hydroxylamine groups is 2. The van der Waals surface area contributed by atoms with E-state index in [9.17, 15) is 10.0 Å². The summed E-state index contributed by atoms with van der Waals surface area (Å²) in [6.07, 6.45) is 0. The minimum atomic E-state index is -1.04. The predicted octanol–water partition coefficient (Wildman–Crippen LogP) is 0.330. The van der Waals surface area contributed by atoms with E-state index in [1.807, 2.05) is 0 Å². The largest absolute Gasteiger partial charge is 0.473 e. The number of rotatable bonds is 1. The summed E-state index contributed by atoms with van der Waals surface area (Å²) in [5, 5.41) is 21.7. The van der Waals surface area contributed by atoms with E-state index < -0.39 is 17.2 Å². The van der Waals surface area contributed by atoms with Crippen molar-refractivity contribution >= 4 is 11.7 Å². The molecule has 0 spiro atoms. The normalized spacial score (nSPS) is 25.6. The first-order valence-electron chi connectivity index (χ1n) is 4.45. The Morgan fingerprint density at radius 3 is 1.93 bits per heavy atom. The maximum atomic E-state index is 11.9. The lowest BCUT2D eigenvalue weighted by Gasteiger charge is -2.26. The molecule has 0 unspecified atom stereocenters. The van der Waals surface area contributed by atoms with Crippen molar-refractivity contribution in [2.75, 3.05) is 7.05 Å². The van der Waals surface area contributed by atoms with Crippen LogP contribution in [0.5, 0.6) is 0 Å². The summed E-state index contributed by atoms with van der Waals surface area (Å²) in [6.45, 7) is 6.65.